The smallest absolute Gasteiger partial charge is 0.247 e. The molecule has 3 aromatic rings. The van der Waals surface area contributed by atoms with E-state index in [1.807, 2.05) is 11.0 Å². The van der Waals surface area contributed by atoms with Gasteiger partial charge in [0.15, 0.2) is 5.82 Å². The lowest BCUT2D eigenvalue weighted by molar-refractivity contribution is -0.117. The molecular weight excluding hydrogens is 451 g/mol. The van der Waals surface area contributed by atoms with Crippen molar-refractivity contribution in [3.05, 3.63) is 47.3 Å². The molecule has 3 aliphatic rings. The molecule has 2 fully saturated rings. The van der Waals surface area contributed by atoms with Crippen LogP contribution in [0.25, 0.3) is 0 Å². The summed E-state index contributed by atoms with van der Waals surface area (Å²) in [4.78, 5) is 28.4. The molecule has 0 bridgehead atoms. The molecule has 182 valence electrons. The van der Waals surface area contributed by atoms with Crippen molar-refractivity contribution in [2.24, 2.45) is 0 Å². The number of nitrogens with zero attached hydrogens (tertiary/aromatic N) is 5. The second-order valence-electron chi connectivity index (χ2n) is 9.38. The fraction of sp³-hybridized carbons (Fsp3) is 0.458. The van der Waals surface area contributed by atoms with Crippen molar-refractivity contribution in [2.75, 3.05) is 29.2 Å². The van der Waals surface area contributed by atoms with Gasteiger partial charge in [-0.15, -0.1) is 0 Å². The largest absolute Gasteiger partial charge is 0.380 e. The van der Waals surface area contributed by atoms with Crippen LogP contribution in [0, 0.1) is 5.95 Å². The average Bonchev–Trinajstić information content (AvgIpc) is 3.24. The van der Waals surface area contributed by atoms with Crippen molar-refractivity contribution in [3.63, 3.8) is 0 Å². The minimum Gasteiger partial charge on any atom is -0.380 e. The van der Waals surface area contributed by atoms with Crippen LogP contribution in [0.5, 0.6) is 0 Å². The maximum atomic E-state index is 13.2. The summed E-state index contributed by atoms with van der Waals surface area (Å²) < 4.78 is 18.8. The van der Waals surface area contributed by atoms with E-state index in [2.05, 4.69) is 25.8 Å². The Morgan fingerprint density at radius 1 is 1.26 bits per heavy atom. The third-order valence-corrected chi connectivity index (χ3v) is 6.93. The first kappa shape index (κ1) is 21.9. The highest BCUT2D eigenvalue weighted by Crippen LogP contribution is 2.40. The van der Waals surface area contributed by atoms with Crippen LogP contribution in [-0.2, 0) is 22.4 Å². The van der Waals surface area contributed by atoms with E-state index in [1.165, 1.54) is 31.2 Å². The van der Waals surface area contributed by atoms with Crippen molar-refractivity contribution >= 4 is 29.2 Å². The van der Waals surface area contributed by atoms with Crippen molar-refractivity contribution in [2.45, 2.75) is 56.6 Å². The molecule has 1 unspecified atom stereocenters. The first-order valence-electron chi connectivity index (χ1n) is 12.0. The number of halogens is 1. The number of pyridine rings is 1. The minimum absolute atomic E-state index is 0.141. The molecule has 0 radical (unpaired) electrons. The number of fused-ring (bicyclic) bond motifs is 1. The quantitative estimate of drug-likeness (QED) is 0.443. The Bertz CT molecular complexity index is 1240. The predicted molar refractivity (Wildman–Crippen MR) is 127 cm³/mol. The molecule has 3 aromatic heterocycles. The third-order valence-electron chi connectivity index (χ3n) is 6.93. The van der Waals surface area contributed by atoms with Gasteiger partial charge in [-0.25, -0.2) is 9.97 Å². The summed E-state index contributed by atoms with van der Waals surface area (Å²) in [6.07, 6.45) is 6.82. The number of H-pyrrole nitrogens is 1. The van der Waals surface area contributed by atoms with E-state index in [4.69, 9.17) is 14.7 Å². The zero-order valence-corrected chi connectivity index (χ0v) is 19.4. The summed E-state index contributed by atoms with van der Waals surface area (Å²) in [6, 6.07) is 4.21. The van der Waals surface area contributed by atoms with Crippen LogP contribution in [0.4, 0.5) is 27.7 Å². The molecule has 4 heterocycles. The summed E-state index contributed by atoms with van der Waals surface area (Å²) in [5.74, 6) is 1.70. The monoisotopic (exact) mass is 478 g/mol. The Labute approximate surface area is 201 Å². The SMILES string of the molecule is CO[C@@H]1CC(C(=O)Nc2ccc(F)nc2)N(c2nc3c(c(Nc4cc(C5CC5)[nH]n4)n2)CCC3)C1. The number of rotatable bonds is 7. The molecule has 2 aliphatic carbocycles. The van der Waals surface area contributed by atoms with E-state index in [9.17, 15) is 9.18 Å². The second-order valence-corrected chi connectivity index (χ2v) is 9.38. The number of amides is 1. The van der Waals surface area contributed by atoms with Gasteiger partial charge in [0.25, 0.3) is 0 Å². The van der Waals surface area contributed by atoms with Crippen LogP contribution in [0.1, 0.15) is 48.6 Å². The normalized spacial score (nSPS) is 21.3. The van der Waals surface area contributed by atoms with Gasteiger partial charge in [0.1, 0.15) is 11.9 Å². The molecule has 2 atom stereocenters. The number of anilines is 4. The Morgan fingerprint density at radius 2 is 2.14 bits per heavy atom. The minimum atomic E-state index is -0.599. The van der Waals surface area contributed by atoms with E-state index < -0.39 is 12.0 Å². The molecule has 1 saturated carbocycles. The van der Waals surface area contributed by atoms with E-state index in [0.717, 1.165) is 47.8 Å². The van der Waals surface area contributed by atoms with Gasteiger partial charge in [-0.1, -0.05) is 0 Å². The van der Waals surface area contributed by atoms with Crippen molar-refractivity contribution < 1.29 is 13.9 Å². The Hall–Kier alpha value is -3.60. The van der Waals surface area contributed by atoms with Gasteiger partial charge >= 0.3 is 0 Å². The summed E-state index contributed by atoms with van der Waals surface area (Å²) in [5, 5.41) is 13.8. The lowest BCUT2D eigenvalue weighted by Gasteiger charge is -2.25. The number of aromatic nitrogens is 5. The van der Waals surface area contributed by atoms with Crippen molar-refractivity contribution in [1.29, 1.82) is 0 Å². The van der Waals surface area contributed by atoms with E-state index in [0.29, 0.717) is 30.5 Å². The van der Waals surface area contributed by atoms with Crippen LogP contribution < -0.4 is 15.5 Å². The third kappa shape index (κ3) is 4.43. The van der Waals surface area contributed by atoms with Gasteiger partial charge in [0.2, 0.25) is 17.8 Å². The highest BCUT2D eigenvalue weighted by Gasteiger charge is 2.39. The maximum absolute atomic E-state index is 13.2. The Balaban J connectivity index is 1.28. The standard InChI is InChI=1S/C24H27FN8O2/c1-35-15-9-19(23(34)27-14-7-8-20(25)26-11-14)33(12-15)24-28-17-4-2-3-16(17)22(30-24)29-21-10-18(31-32-21)13-5-6-13/h7-8,10-11,13,15,19H,2-6,9,12H2,1H3,(H,27,34)(H2,28,29,30,31,32)/t15-,19?/m1/s1. The highest BCUT2D eigenvalue weighted by atomic mass is 19.1. The molecule has 0 aromatic carbocycles. The number of carbonyl (C=O) groups is 1. The van der Waals surface area contributed by atoms with Crippen LogP contribution in [-0.4, -0.2) is 56.9 Å². The molecule has 1 amide bonds. The molecule has 0 spiro atoms. The predicted octanol–water partition coefficient (Wildman–Crippen LogP) is 3.08. The number of hydrogen-bond acceptors (Lipinski definition) is 8. The summed E-state index contributed by atoms with van der Waals surface area (Å²) in [5.41, 5.74) is 3.68. The topological polar surface area (TPSA) is 121 Å². The molecule has 3 N–H and O–H groups in total. The van der Waals surface area contributed by atoms with Crippen LogP contribution in [0.2, 0.25) is 0 Å². The fourth-order valence-electron chi connectivity index (χ4n) is 4.89. The van der Waals surface area contributed by atoms with Gasteiger partial charge in [0.05, 0.1) is 23.7 Å². The maximum Gasteiger partial charge on any atom is 0.247 e. The molecule has 6 rings (SSSR count). The van der Waals surface area contributed by atoms with E-state index in [-0.39, 0.29) is 12.0 Å². The van der Waals surface area contributed by atoms with Crippen LogP contribution >= 0.6 is 0 Å². The first-order chi connectivity index (χ1) is 17.1. The van der Waals surface area contributed by atoms with E-state index in [1.54, 1.807) is 7.11 Å². The second kappa shape index (κ2) is 8.88. The zero-order valence-electron chi connectivity index (χ0n) is 19.4. The molecule has 10 nitrogen and oxygen atoms in total. The molecule has 1 saturated heterocycles. The summed E-state index contributed by atoms with van der Waals surface area (Å²) in [7, 11) is 1.64. The van der Waals surface area contributed by atoms with Crippen LogP contribution in [0.15, 0.2) is 24.4 Å². The van der Waals surface area contributed by atoms with Gasteiger partial charge in [-0.3, -0.25) is 9.89 Å². The number of ether oxygens (including phenoxy) is 1. The number of nitrogens with one attached hydrogen (secondary N) is 3. The number of aryl methyl sites for hydroxylation is 1. The van der Waals surface area contributed by atoms with Gasteiger partial charge in [0, 0.05) is 43.3 Å². The van der Waals surface area contributed by atoms with Gasteiger partial charge in [-0.2, -0.15) is 14.5 Å². The summed E-state index contributed by atoms with van der Waals surface area (Å²) >= 11 is 0. The lowest BCUT2D eigenvalue weighted by Crippen LogP contribution is -2.41. The van der Waals surface area contributed by atoms with Crippen molar-refractivity contribution in [1.82, 2.24) is 25.1 Å². The number of methoxy groups -OCH3 is 1. The lowest BCUT2D eigenvalue weighted by atomic mass is 10.2. The fourth-order valence-corrected chi connectivity index (χ4v) is 4.89. The molecule has 1 aliphatic heterocycles. The Morgan fingerprint density at radius 3 is 2.91 bits per heavy atom. The molecule has 11 heteroatoms. The van der Waals surface area contributed by atoms with Gasteiger partial charge in [-0.05, 0) is 44.2 Å². The van der Waals surface area contributed by atoms with E-state index >= 15 is 0 Å². The highest BCUT2D eigenvalue weighted by molar-refractivity contribution is 5.97. The summed E-state index contributed by atoms with van der Waals surface area (Å²) in [6.45, 7) is 0.489. The number of carbonyl (C=O) groups excluding carboxylic acids is 1. The molecule has 35 heavy (non-hydrogen) atoms. The first-order valence-corrected chi connectivity index (χ1v) is 12.0. The number of aromatic amines is 1. The van der Waals surface area contributed by atoms with Gasteiger partial charge < -0.3 is 20.3 Å². The van der Waals surface area contributed by atoms with Crippen LogP contribution in [0.3, 0.4) is 0 Å². The Kier molecular flexibility index (Phi) is 5.56. The number of hydrogen-bond donors (Lipinski definition) is 3. The average molecular weight is 479 g/mol. The van der Waals surface area contributed by atoms with Crippen molar-refractivity contribution in [3.8, 4) is 0 Å². The zero-order chi connectivity index (χ0) is 23.9. The molecular formula is C24H27FN8O2.